The monoisotopic (exact) mass is 373 g/mol. The molecule has 0 unspecified atom stereocenters. The first kappa shape index (κ1) is 17.3. The molecule has 1 fully saturated rings. The van der Waals surface area contributed by atoms with Crippen LogP contribution in [0, 0.1) is 12.7 Å². The van der Waals surface area contributed by atoms with Crippen LogP contribution >= 0.6 is 11.6 Å². The second-order valence-electron chi connectivity index (χ2n) is 7.07. The molecule has 6 heteroatoms. The Balaban J connectivity index is 1.82. The number of hydrogen-bond acceptors (Lipinski definition) is 2. The van der Waals surface area contributed by atoms with Gasteiger partial charge in [0, 0.05) is 17.8 Å². The van der Waals surface area contributed by atoms with Crippen molar-refractivity contribution in [3.63, 3.8) is 0 Å². The predicted molar refractivity (Wildman–Crippen MR) is 101 cm³/mol. The number of benzene rings is 1. The number of aromatic nitrogens is 1. The van der Waals surface area contributed by atoms with Crippen molar-refractivity contribution in [1.82, 2.24) is 4.98 Å². The summed E-state index contributed by atoms with van der Waals surface area (Å²) < 4.78 is 14.6. The molecule has 1 aromatic heterocycles. The second-order valence-corrected chi connectivity index (χ2v) is 7.46. The van der Waals surface area contributed by atoms with Gasteiger partial charge in [0.2, 0.25) is 0 Å². The smallest absolute Gasteiger partial charge is 0.290 e. The van der Waals surface area contributed by atoms with E-state index in [1.807, 2.05) is 17.9 Å². The molecule has 4 rings (SSSR count). The topological polar surface area (TPSA) is 36.4 Å². The van der Waals surface area contributed by atoms with Gasteiger partial charge >= 0.3 is 6.03 Å². The van der Waals surface area contributed by atoms with E-state index in [-0.39, 0.29) is 17.9 Å². The molecule has 0 spiro atoms. The molecule has 1 aliphatic carbocycles. The summed E-state index contributed by atoms with van der Waals surface area (Å²) in [6, 6.07) is 6.58. The van der Waals surface area contributed by atoms with Gasteiger partial charge in [0.25, 0.3) is 0 Å². The van der Waals surface area contributed by atoms with Crippen LogP contribution in [-0.2, 0) is 6.54 Å². The van der Waals surface area contributed by atoms with E-state index in [9.17, 15) is 9.18 Å². The first-order valence-corrected chi connectivity index (χ1v) is 9.44. The van der Waals surface area contributed by atoms with Gasteiger partial charge in [-0.1, -0.05) is 43.0 Å². The summed E-state index contributed by atoms with van der Waals surface area (Å²) in [5, 5.41) is 0.368. The third kappa shape index (κ3) is 2.94. The van der Waals surface area contributed by atoms with Crippen molar-refractivity contribution in [2.24, 2.45) is 0 Å². The van der Waals surface area contributed by atoms with Gasteiger partial charge in [0.05, 0.1) is 17.9 Å². The number of para-hydroxylation sites is 1. The number of pyridine rings is 1. The molecule has 0 radical (unpaired) electrons. The van der Waals surface area contributed by atoms with Gasteiger partial charge in [-0.3, -0.25) is 9.80 Å². The third-order valence-electron chi connectivity index (χ3n) is 5.35. The maximum atomic E-state index is 14.6. The van der Waals surface area contributed by atoms with E-state index in [0.717, 1.165) is 42.5 Å². The highest BCUT2D eigenvalue weighted by atomic mass is 35.5. The normalized spacial score (nSPS) is 18.2. The lowest BCUT2D eigenvalue weighted by molar-refractivity contribution is 0.244. The van der Waals surface area contributed by atoms with Gasteiger partial charge in [0.1, 0.15) is 11.0 Å². The molecule has 2 heterocycles. The molecule has 1 aromatic carbocycles. The highest BCUT2D eigenvalue weighted by molar-refractivity contribution is 6.29. The Bertz CT molecular complexity index is 831. The highest BCUT2D eigenvalue weighted by Gasteiger charge is 2.37. The highest BCUT2D eigenvalue weighted by Crippen LogP contribution is 2.38. The number of carbonyl (C=O) groups excluding carboxylic acids is 1. The fourth-order valence-electron chi connectivity index (χ4n) is 4.10. The van der Waals surface area contributed by atoms with Crippen LogP contribution in [0.1, 0.15) is 43.2 Å². The molecule has 1 saturated carbocycles. The summed E-state index contributed by atoms with van der Waals surface area (Å²) in [6.45, 7) is 2.12. The van der Waals surface area contributed by atoms with E-state index >= 15 is 0 Å². The molecule has 4 nitrogen and oxygen atoms in total. The lowest BCUT2D eigenvalue weighted by Gasteiger charge is -2.42. The van der Waals surface area contributed by atoms with Crippen molar-refractivity contribution < 1.29 is 9.18 Å². The van der Waals surface area contributed by atoms with E-state index in [1.165, 1.54) is 17.4 Å². The van der Waals surface area contributed by atoms with Gasteiger partial charge in [-0.05, 0) is 37.5 Å². The largest absolute Gasteiger partial charge is 0.329 e. The van der Waals surface area contributed by atoms with Crippen LogP contribution in [-0.4, -0.2) is 17.1 Å². The Morgan fingerprint density at radius 3 is 2.73 bits per heavy atom. The molecular formula is C20H21ClFN3O. The van der Waals surface area contributed by atoms with Gasteiger partial charge in [-0.2, -0.15) is 0 Å². The average Bonchev–Trinajstić information content (AvgIpc) is 2.63. The van der Waals surface area contributed by atoms with Crippen molar-refractivity contribution in [2.45, 2.75) is 51.6 Å². The van der Waals surface area contributed by atoms with E-state index < -0.39 is 0 Å². The molecule has 26 heavy (non-hydrogen) atoms. The molecule has 2 aliphatic rings. The molecule has 136 valence electrons. The van der Waals surface area contributed by atoms with Gasteiger partial charge in [-0.15, -0.1) is 0 Å². The zero-order valence-corrected chi connectivity index (χ0v) is 15.5. The van der Waals surface area contributed by atoms with Gasteiger partial charge in [-0.25, -0.2) is 14.2 Å². The van der Waals surface area contributed by atoms with E-state index in [2.05, 4.69) is 4.98 Å². The maximum absolute atomic E-state index is 14.6. The SMILES string of the molecule is Cc1cccc(F)c1N1Cc2cnc(Cl)cc2N(C2CCCCC2)C1=O. The Labute approximate surface area is 157 Å². The summed E-state index contributed by atoms with van der Waals surface area (Å²) in [5.41, 5.74) is 2.79. The number of rotatable bonds is 2. The predicted octanol–water partition coefficient (Wildman–Crippen LogP) is 5.46. The van der Waals surface area contributed by atoms with E-state index in [4.69, 9.17) is 11.6 Å². The molecule has 0 N–H and O–H groups in total. The fourth-order valence-corrected chi connectivity index (χ4v) is 4.25. The third-order valence-corrected chi connectivity index (χ3v) is 5.56. The zero-order chi connectivity index (χ0) is 18.3. The molecule has 1 aliphatic heterocycles. The van der Waals surface area contributed by atoms with Crippen LogP contribution < -0.4 is 9.80 Å². The Kier molecular flexibility index (Phi) is 4.57. The minimum atomic E-state index is -0.382. The van der Waals surface area contributed by atoms with Crippen LogP contribution in [0.25, 0.3) is 0 Å². The molecular weight excluding hydrogens is 353 g/mol. The van der Waals surface area contributed by atoms with Crippen molar-refractivity contribution in [1.29, 1.82) is 0 Å². The van der Waals surface area contributed by atoms with Crippen molar-refractivity contribution in [3.8, 4) is 0 Å². The molecule has 0 saturated heterocycles. The number of aryl methyl sites for hydroxylation is 1. The number of nitrogens with zero attached hydrogens (tertiary/aromatic N) is 3. The summed E-state index contributed by atoms with van der Waals surface area (Å²) >= 11 is 6.11. The van der Waals surface area contributed by atoms with Crippen LogP contribution in [0.2, 0.25) is 5.15 Å². The maximum Gasteiger partial charge on any atom is 0.329 e. The Morgan fingerprint density at radius 2 is 2.00 bits per heavy atom. The molecule has 2 aromatic rings. The van der Waals surface area contributed by atoms with Gasteiger partial charge in [0.15, 0.2) is 0 Å². The lowest BCUT2D eigenvalue weighted by Crippen LogP contribution is -2.53. The number of halogens is 2. The fraction of sp³-hybridized carbons (Fsp3) is 0.400. The summed E-state index contributed by atoms with van der Waals surface area (Å²) in [5.74, 6) is -0.382. The summed E-state index contributed by atoms with van der Waals surface area (Å²) in [6.07, 6.45) is 6.99. The first-order chi connectivity index (χ1) is 12.6. The average molecular weight is 374 g/mol. The second kappa shape index (κ2) is 6.88. The quantitative estimate of drug-likeness (QED) is 0.655. The Hall–Kier alpha value is -2.14. The van der Waals surface area contributed by atoms with Crippen molar-refractivity contribution >= 4 is 29.0 Å². The number of carbonyl (C=O) groups is 1. The molecule has 2 amide bonds. The van der Waals surface area contributed by atoms with Gasteiger partial charge < -0.3 is 0 Å². The number of amides is 2. The number of urea groups is 1. The van der Waals surface area contributed by atoms with Crippen molar-refractivity contribution in [2.75, 3.05) is 9.80 Å². The first-order valence-electron chi connectivity index (χ1n) is 9.06. The Morgan fingerprint density at radius 1 is 1.23 bits per heavy atom. The summed E-state index contributed by atoms with van der Waals surface area (Å²) in [4.78, 5) is 21.0. The summed E-state index contributed by atoms with van der Waals surface area (Å²) in [7, 11) is 0. The van der Waals surface area contributed by atoms with Crippen LogP contribution in [0.5, 0.6) is 0 Å². The van der Waals surface area contributed by atoms with Crippen LogP contribution in [0.15, 0.2) is 30.5 Å². The zero-order valence-electron chi connectivity index (χ0n) is 14.7. The van der Waals surface area contributed by atoms with Crippen LogP contribution in [0.4, 0.5) is 20.6 Å². The minimum absolute atomic E-state index is 0.114. The van der Waals surface area contributed by atoms with Crippen molar-refractivity contribution in [3.05, 3.63) is 52.6 Å². The van der Waals surface area contributed by atoms with E-state index in [1.54, 1.807) is 18.3 Å². The van der Waals surface area contributed by atoms with Crippen LogP contribution in [0.3, 0.4) is 0 Å². The number of anilines is 2. The minimum Gasteiger partial charge on any atom is -0.290 e. The number of fused-ring (bicyclic) bond motifs is 1. The molecule has 0 atom stereocenters. The number of hydrogen-bond donors (Lipinski definition) is 0. The standard InChI is InChI=1S/C20H21ClFN3O/c1-13-6-5-9-16(22)19(13)24-12-14-11-23-18(21)10-17(14)25(20(24)26)15-7-3-2-4-8-15/h5-6,9-11,15H,2-4,7-8,12H2,1H3. The lowest BCUT2D eigenvalue weighted by atomic mass is 9.93. The van der Waals surface area contributed by atoms with E-state index in [0.29, 0.717) is 17.4 Å². The molecule has 0 bridgehead atoms.